The van der Waals surface area contributed by atoms with E-state index in [2.05, 4.69) is 4.74 Å². The maximum Gasteiger partial charge on any atom is 0.422 e. The van der Waals surface area contributed by atoms with Crippen LogP contribution in [0.3, 0.4) is 0 Å². The lowest BCUT2D eigenvalue weighted by Crippen LogP contribution is -2.19. The minimum absolute atomic E-state index is 0.0481. The van der Waals surface area contributed by atoms with E-state index < -0.39 is 12.8 Å². The van der Waals surface area contributed by atoms with Crippen molar-refractivity contribution in [1.82, 2.24) is 0 Å². The number of benzene rings is 1. The predicted octanol–water partition coefficient (Wildman–Crippen LogP) is 2.23. The highest BCUT2D eigenvalue weighted by Gasteiger charge is 2.29. The Morgan fingerprint density at radius 2 is 1.59 bits per heavy atom. The van der Waals surface area contributed by atoms with Crippen molar-refractivity contribution in [2.24, 2.45) is 0 Å². The van der Waals surface area contributed by atoms with Crippen molar-refractivity contribution in [3.63, 3.8) is 0 Å². The summed E-state index contributed by atoms with van der Waals surface area (Å²) in [4.78, 5) is 0. The molecule has 0 saturated carbocycles. The van der Waals surface area contributed by atoms with Gasteiger partial charge >= 0.3 is 6.18 Å². The molecular weight excluding hydrogens is 239 g/mol. The molecule has 0 aromatic heterocycles. The van der Waals surface area contributed by atoms with Crippen molar-refractivity contribution in [2.45, 2.75) is 6.18 Å². The molecule has 0 unspecified atom stereocenters. The molecular formula is C10H12F3NO3. The third-order valence-corrected chi connectivity index (χ3v) is 1.91. The molecule has 1 rings (SSSR count). The van der Waals surface area contributed by atoms with Gasteiger partial charge in [-0.05, 0) is 0 Å². The molecule has 0 amide bonds. The summed E-state index contributed by atoms with van der Waals surface area (Å²) < 4.78 is 50.4. The molecule has 2 N–H and O–H groups in total. The Bertz CT molecular complexity index is 393. The summed E-state index contributed by atoms with van der Waals surface area (Å²) in [6, 6.07) is 2.59. The number of methoxy groups -OCH3 is 2. The number of anilines is 1. The molecule has 0 aliphatic heterocycles. The van der Waals surface area contributed by atoms with Crippen molar-refractivity contribution in [2.75, 3.05) is 26.6 Å². The van der Waals surface area contributed by atoms with Crippen molar-refractivity contribution in [3.8, 4) is 17.2 Å². The van der Waals surface area contributed by atoms with Gasteiger partial charge in [0.05, 0.1) is 19.9 Å². The van der Waals surface area contributed by atoms with Gasteiger partial charge in [-0.15, -0.1) is 0 Å². The molecule has 0 fully saturated rings. The molecule has 4 nitrogen and oxygen atoms in total. The molecule has 0 aliphatic carbocycles. The van der Waals surface area contributed by atoms with Gasteiger partial charge in [-0.2, -0.15) is 13.2 Å². The quantitative estimate of drug-likeness (QED) is 0.834. The number of ether oxygens (including phenoxy) is 3. The number of hydrogen-bond donors (Lipinski definition) is 1. The number of hydrogen-bond acceptors (Lipinski definition) is 4. The Labute approximate surface area is 96.1 Å². The number of nitrogen functional groups attached to an aromatic ring is 1. The zero-order valence-electron chi connectivity index (χ0n) is 9.30. The van der Waals surface area contributed by atoms with Crippen molar-refractivity contribution in [1.29, 1.82) is 0 Å². The first-order valence-corrected chi connectivity index (χ1v) is 4.58. The van der Waals surface area contributed by atoms with Crippen LogP contribution in [0.15, 0.2) is 12.1 Å². The van der Waals surface area contributed by atoms with Crippen LogP contribution in [0.4, 0.5) is 18.9 Å². The lowest BCUT2D eigenvalue weighted by Gasteiger charge is -2.14. The van der Waals surface area contributed by atoms with Crippen LogP contribution in [0.1, 0.15) is 0 Å². The largest absolute Gasteiger partial charge is 0.493 e. The summed E-state index contributed by atoms with van der Waals surface area (Å²) in [6.07, 6.45) is -4.42. The van der Waals surface area contributed by atoms with E-state index in [4.69, 9.17) is 15.2 Å². The number of halogens is 3. The van der Waals surface area contributed by atoms with Crippen LogP contribution >= 0.6 is 0 Å². The molecule has 1 aromatic carbocycles. The average Bonchev–Trinajstić information content (AvgIpc) is 2.25. The van der Waals surface area contributed by atoms with Gasteiger partial charge < -0.3 is 19.9 Å². The summed E-state index contributed by atoms with van der Waals surface area (Å²) >= 11 is 0. The molecule has 0 aliphatic rings. The predicted molar refractivity (Wildman–Crippen MR) is 55.5 cm³/mol. The van der Waals surface area contributed by atoms with E-state index in [-0.39, 0.29) is 17.2 Å². The Morgan fingerprint density at radius 1 is 1.06 bits per heavy atom. The van der Waals surface area contributed by atoms with Crippen LogP contribution in [0.2, 0.25) is 0 Å². The summed E-state index contributed by atoms with van der Waals surface area (Å²) in [5.41, 5.74) is 5.57. The van der Waals surface area contributed by atoms with Gasteiger partial charge in [0.25, 0.3) is 0 Å². The minimum atomic E-state index is -4.42. The zero-order chi connectivity index (χ0) is 13.1. The van der Waals surface area contributed by atoms with E-state index in [1.807, 2.05) is 0 Å². The molecule has 1 aromatic rings. The Hall–Kier alpha value is -1.79. The second kappa shape index (κ2) is 5.03. The minimum Gasteiger partial charge on any atom is -0.493 e. The second-order valence-electron chi connectivity index (χ2n) is 3.15. The van der Waals surface area contributed by atoms with Gasteiger partial charge in [-0.3, -0.25) is 0 Å². The monoisotopic (exact) mass is 251 g/mol. The molecule has 0 heterocycles. The van der Waals surface area contributed by atoms with Gasteiger partial charge in [0.1, 0.15) is 5.75 Å². The fourth-order valence-electron chi connectivity index (χ4n) is 1.16. The van der Waals surface area contributed by atoms with E-state index in [1.54, 1.807) is 0 Å². The lowest BCUT2D eigenvalue weighted by molar-refractivity contribution is -0.153. The normalized spacial score (nSPS) is 11.1. The van der Waals surface area contributed by atoms with Crippen molar-refractivity contribution in [3.05, 3.63) is 12.1 Å². The lowest BCUT2D eigenvalue weighted by atomic mass is 10.2. The fourth-order valence-corrected chi connectivity index (χ4v) is 1.16. The number of rotatable bonds is 4. The average molecular weight is 251 g/mol. The summed E-state index contributed by atoms with van der Waals surface area (Å²) in [7, 11) is 2.76. The summed E-state index contributed by atoms with van der Waals surface area (Å²) in [6.45, 7) is -1.41. The van der Waals surface area contributed by atoms with Crippen LogP contribution in [0.25, 0.3) is 0 Å². The maximum absolute atomic E-state index is 12.0. The van der Waals surface area contributed by atoms with Gasteiger partial charge in [0.15, 0.2) is 18.1 Å². The Morgan fingerprint density at radius 3 is 2.06 bits per heavy atom. The first kappa shape index (κ1) is 13.3. The standard InChI is InChI=1S/C10H12F3NO3/c1-15-8-3-6(14)7(4-9(8)16-2)17-5-10(11,12)13/h3-4H,5,14H2,1-2H3. The van der Waals surface area contributed by atoms with Gasteiger partial charge in [-0.25, -0.2) is 0 Å². The number of nitrogens with two attached hydrogens (primary N) is 1. The molecule has 96 valence electrons. The van der Waals surface area contributed by atoms with E-state index in [9.17, 15) is 13.2 Å². The molecule has 0 saturated heterocycles. The van der Waals surface area contributed by atoms with Gasteiger partial charge in [0, 0.05) is 12.1 Å². The summed E-state index contributed by atoms with van der Waals surface area (Å²) in [5, 5.41) is 0. The van der Waals surface area contributed by atoms with Crippen molar-refractivity contribution < 1.29 is 27.4 Å². The topological polar surface area (TPSA) is 53.7 Å². The Balaban J connectivity index is 2.93. The smallest absolute Gasteiger partial charge is 0.422 e. The van der Waals surface area contributed by atoms with Crippen LogP contribution < -0.4 is 19.9 Å². The highest BCUT2D eigenvalue weighted by Crippen LogP contribution is 2.36. The fraction of sp³-hybridized carbons (Fsp3) is 0.400. The van der Waals surface area contributed by atoms with Crippen LogP contribution in [0.5, 0.6) is 17.2 Å². The summed E-state index contributed by atoms with van der Waals surface area (Å²) in [5.74, 6) is 0.475. The second-order valence-corrected chi connectivity index (χ2v) is 3.15. The molecule has 0 bridgehead atoms. The molecule has 0 radical (unpaired) electrons. The Kier molecular flexibility index (Phi) is 3.93. The van der Waals surface area contributed by atoms with Crippen LogP contribution in [-0.4, -0.2) is 27.0 Å². The van der Waals surface area contributed by atoms with Crippen molar-refractivity contribution >= 4 is 5.69 Å². The van der Waals surface area contributed by atoms with Gasteiger partial charge in [-0.1, -0.05) is 0 Å². The molecule has 0 atom stereocenters. The zero-order valence-corrected chi connectivity index (χ0v) is 9.30. The maximum atomic E-state index is 12.0. The molecule has 17 heavy (non-hydrogen) atoms. The third kappa shape index (κ3) is 3.61. The van der Waals surface area contributed by atoms with Crippen LogP contribution in [0, 0.1) is 0 Å². The van der Waals surface area contributed by atoms with Gasteiger partial charge in [0.2, 0.25) is 0 Å². The first-order valence-electron chi connectivity index (χ1n) is 4.58. The molecule has 0 spiro atoms. The van der Waals surface area contributed by atoms with E-state index in [0.717, 1.165) is 0 Å². The van der Waals surface area contributed by atoms with E-state index in [1.165, 1.54) is 26.4 Å². The van der Waals surface area contributed by atoms with E-state index >= 15 is 0 Å². The highest BCUT2D eigenvalue weighted by atomic mass is 19.4. The van der Waals surface area contributed by atoms with E-state index in [0.29, 0.717) is 5.75 Å². The van der Waals surface area contributed by atoms with Crippen LogP contribution in [-0.2, 0) is 0 Å². The number of alkyl halides is 3. The third-order valence-electron chi connectivity index (χ3n) is 1.91. The highest BCUT2D eigenvalue weighted by molar-refractivity contribution is 5.61. The first-order chi connectivity index (χ1) is 7.87. The molecule has 7 heteroatoms. The SMILES string of the molecule is COc1cc(N)c(OCC(F)(F)F)cc1OC.